The molecule has 1 aliphatic rings. The third kappa shape index (κ3) is 3.18. The molecule has 1 fully saturated rings. The molecule has 0 aromatic heterocycles. The topological polar surface area (TPSA) is 29.1 Å². The summed E-state index contributed by atoms with van der Waals surface area (Å²) in [5, 5.41) is 3.01. The molecule has 20 heavy (non-hydrogen) atoms. The standard InChI is InChI=1S/C16H19Cl2NO/c1-10-6-4-5-7-11(10)9-19-15(20)14-12(8-13(17)18)16(14,2)3/h4-8,12,14H,9H2,1-3H3,(H,19,20)/t12-,14-/m0/s1. The average molecular weight is 312 g/mol. The molecule has 1 N–H and O–H groups in total. The predicted molar refractivity (Wildman–Crippen MR) is 83.6 cm³/mol. The maximum Gasteiger partial charge on any atom is 0.224 e. The van der Waals surface area contributed by atoms with Crippen LogP contribution >= 0.6 is 23.2 Å². The van der Waals surface area contributed by atoms with Gasteiger partial charge in [-0.3, -0.25) is 4.79 Å². The van der Waals surface area contributed by atoms with Gasteiger partial charge in [0.15, 0.2) is 0 Å². The average Bonchev–Trinajstić information content (AvgIpc) is 2.88. The summed E-state index contributed by atoms with van der Waals surface area (Å²) >= 11 is 11.4. The first-order chi connectivity index (χ1) is 9.34. The van der Waals surface area contributed by atoms with Gasteiger partial charge >= 0.3 is 0 Å². The van der Waals surface area contributed by atoms with Crippen molar-refractivity contribution in [2.45, 2.75) is 27.3 Å². The molecule has 0 saturated heterocycles. The highest BCUT2D eigenvalue weighted by atomic mass is 35.5. The van der Waals surface area contributed by atoms with E-state index in [2.05, 4.69) is 19.2 Å². The highest BCUT2D eigenvalue weighted by molar-refractivity contribution is 6.55. The van der Waals surface area contributed by atoms with Gasteiger partial charge in [0.05, 0.1) is 5.92 Å². The fourth-order valence-corrected chi connectivity index (χ4v) is 3.00. The minimum absolute atomic E-state index is 0.0565. The van der Waals surface area contributed by atoms with Crippen LogP contribution in [0.4, 0.5) is 0 Å². The number of hydrogen-bond acceptors (Lipinski definition) is 1. The van der Waals surface area contributed by atoms with Crippen LogP contribution < -0.4 is 5.32 Å². The van der Waals surface area contributed by atoms with E-state index in [0.29, 0.717) is 6.54 Å². The third-order valence-corrected chi connectivity index (χ3v) is 4.47. The number of hydrogen-bond donors (Lipinski definition) is 1. The SMILES string of the molecule is Cc1ccccc1CNC(=O)[C@@H]1[C@H](C=C(Cl)Cl)C1(C)C. The molecule has 0 unspecified atom stereocenters. The lowest BCUT2D eigenvalue weighted by Crippen LogP contribution is -2.26. The molecular formula is C16H19Cl2NO. The normalized spacial score (nSPS) is 23.1. The van der Waals surface area contributed by atoms with E-state index in [1.54, 1.807) is 6.08 Å². The van der Waals surface area contributed by atoms with Gasteiger partial charge in [-0.05, 0) is 35.5 Å². The Balaban J connectivity index is 1.97. The zero-order chi connectivity index (χ0) is 14.9. The van der Waals surface area contributed by atoms with Crippen molar-refractivity contribution in [3.8, 4) is 0 Å². The molecule has 0 bridgehead atoms. The lowest BCUT2D eigenvalue weighted by Gasteiger charge is -2.08. The van der Waals surface area contributed by atoms with Gasteiger partial charge in [0.1, 0.15) is 4.49 Å². The van der Waals surface area contributed by atoms with Crippen LogP contribution in [-0.4, -0.2) is 5.91 Å². The van der Waals surface area contributed by atoms with Crippen molar-refractivity contribution >= 4 is 29.1 Å². The lowest BCUT2D eigenvalue weighted by molar-refractivity contribution is -0.123. The van der Waals surface area contributed by atoms with Crippen molar-refractivity contribution in [1.29, 1.82) is 0 Å². The molecule has 1 saturated carbocycles. The van der Waals surface area contributed by atoms with Gasteiger partial charge in [-0.2, -0.15) is 0 Å². The fourth-order valence-electron chi connectivity index (χ4n) is 2.73. The number of allylic oxidation sites excluding steroid dienone is 1. The summed E-state index contributed by atoms with van der Waals surface area (Å²) in [6.45, 7) is 6.72. The summed E-state index contributed by atoms with van der Waals surface area (Å²) in [6.07, 6.45) is 1.77. The molecule has 2 atom stereocenters. The van der Waals surface area contributed by atoms with Gasteiger partial charge in [0.2, 0.25) is 5.91 Å². The number of benzene rings is 1. The third-order valence-electron chi connectivity index (χ3n) is 4.21. The molecule has 2 nitrogen and oxygen atoms in total. The summed E-state index contributed by atoms with van der Waals surface area (Å²) in [4.78, 5) is 12.3. The Bertz CT molecular complexity index is 547. The molecule has 0 spiro atoms. The number of amides is 1. The number of carbonyl (C=O) groups is 1. The number of aryl methyl sites for hydroxylation is 1. The Hall–Kier alpha value is -0.990. The van der Waals surface area contributed by atoms with Gasteiger partial charge in [0.25, 0.3) is 0 Å². The van der Waals surface area contributed by atoms with Crippen LogP contribution in [0.25, 0.3) is 0 Å². The second kappa shape index (κ2) is 5.79. The number of rotatable bonds is 4. The highest BCUT2D eigenvalue weighted by Crippen LogP contribution is 2.59. The molecule has 4 heteroatoms. The van der Waals surface area contributed by atoms with Crippen LogP contribution in [0.5, 0.6) is 0 Å². The van der Waals surface area contributed by atoms with Gasteiger partial charge in [-0.25, -0.2) is 0 Å². The van der Waals surface area contributed by atoms with Crippen molar-refractivity contribution < 1.29 is 4.79 Å². The van der Waals surface area contributed by atoms with E-state index in [9.17, 15) is 4.79 Å². The Morgan fingerprint density at radius 2 is 2.00 bits per heavy atom. The molecule has 0 heterocycles. The molecule has 1 aromatic rings. The minimum atomic E-state index is -0.0785. The van der Waals surface area contributed by atoms with E-state index >= 15 is 0 Å². The minimum Gasteiger partial charge on any atom is -0.352 e. The summed E-state index contributed by atoms with van der Waals surface area (Å²) < 4.78 is 0.234. The van der Waals surface area contributed by atoms with E-state index in [0.717, 1.165) is 5.56 Å². The Labute approximate surface area is 130 Å². The van der Waals surface area contributed by atoms with E-state index in [4.69, 9.17) is 23.2 Å². The smallest absolute Gasteiger partial charge is 0.224 e. The van der Waals surface area contributed by atoms with Crippen molar-refractivity contribution in [2.75, 3.05) is 0 Å². The molecule has 1 aromatic carbocycles. The van der Waals surface area contributed by atoms with Gasteiger partial charge < -0.3 is 5.32 Å². The van der Waals surface area contributed by atoms with Crippen LogP contribution in [0.1, 0.15) is 25.0 Å². The van der Waals surface area contributed by atoms with Crippen molar-refractivity contribution in [3.63, 3.8) is 0 Å². The van der Waals surface area contributed by atoms with Crippen LogP contribution in [-0.2, 0) is 11.3 Å². The molecule has 1 aliphatic carbocycles. The summed E-state index contributed by atoms with van der Waals surface area (Å²) in [5.74, 6) is 0.123. The maximum absolute atomic E-state index is 12.3. The zero-order valence-electron chi connectivity index (χ0n) is 11.9. The Morgan fingerprint density at radius 1 is 1.35 bits per heavy atom. The predicted octanol–water partition coefficient (Wildman–Crippen LogP) is 4.20. The van der Waals surface area contributed by atoms with E-state index in [-0.39, 0.29) is 27.6 Å². The molecular weight excluding hydrogens is 293 g/mol. The van der Waals surface area contributed by atoms with Crippen LogP contribution in [0.15, 0.2) is 34.8 Å². The molecule has 0 aliphatic heterocycles. The first kappa shape index (κ1) is 15.4. The molecule has 2 rings (SSSR count). The molecule has 108 valence electrons. The van der Waals surface area contributed by atoms with E-state index in [1.165, 1.54) is 5.56 Å². The Morgan fingerprint density at radius 3 is 2.60 bits per heavy atom. The van der Waals surface area contributed by atoms with Gasteiger partial charge in [-0.15, -0.1) is 0 Å². The van der Waals surface area contributed by atoms with E-state index < -0.39 is 0 Å². The van der Waals surface area contributed by atoms with Crippen LogP contribution in [0, 0.1) is 24.2 Å². The van der Waals surface area contributed by atoms with Crippen molar-refractivity contribution in [3.05, 3.63) is 46.0 Å². The number of halogens is 2. The Kier molecular flexibility index (Phi) is 4.46. The summed E-state index contributed by atoms with van der Waals surface area (Å²) in [7, 11) is 0. The summed E-state index contributed by atoms with van der Waals surface area (Å²) in [5.41, 5.74) is 2.25. The summed E-state index contributed by atoms with van der Waals surface area (Å²) in [6, 6.07) is 8.05. The van der Waals surface area contributed by atoms with Gasteiger partial charge in [-0.1, -0.05) is 61.3 Å². The maximum atomic E-state index is 12.3. The fraction of sp³-hybridized carbons (Fsp3) is 0.438. The molecule has 0 radical (unpaired) electrons. The zero-order valence-corrected chi connectivity index (χ0v) is 13.4. The number of carbonyl (C=O) groups excluding carboxylic acids is 1. The van der Waals surface area contributed by atoms with E-state index in [1.807, 2.05) is 31.2 Å². The first-order valence-electron chi connectivity index (χ1n) is 6.69. The lowest BCUT2D eigenvalue weighted by atomic mass is 10.1. The largest absolute Gasteiger partial charge is 0.352 e. The van der Waals surface area contributed by atoms with Crippen molar-refractivity contribution in [1.82, 2.24) is 5.32 Å². The quantitative estimate of drug-likeness (QED) is 0.887. The van der Waals surface area contributed by atoms with Crippen LogP contribution in [0.3, 0.4) is 0 Å². The second-order valence-corrected chi connectivity index (χ2v) is 6.93. The van der Waals surface area contributed by atoms with Crippen molar-refractivity contribution in [2.24, 2.45) is 17.3 Å². The van der Waals surface area contributed by atoms with Crippen LogP contribution in [0.2, 0.25) is 0 Å². The first-order valence-corrected chi connectivity index (χ1v) is 7.44. The van der Waals surface area contributed by atoms with Gasteiger partial charge in [0, 0.05) is 6.54 Å². The number of nitrogens with one attached hydrogen (secondary N) is 1. The monoisotopic (exact) mass is 311 g/mol. The molecule has 1 amide bonds. The second-order valence-electron chi connectivity index (χ2n) is 5.93. The highest BCUT2D eigenvalue weighted by Gasteiger charge is 2.60.